The van der Waals surface area contributed by atoms with Crippen molar-refractivity contribution in [1.29, 1.82) is 0 Å². The monoisotopic (exact) mass is 441 g/mol. The van der Waals surface area contributed by atoms with Crippen molar-refractivity contribution in [2.75, 3.05) is 39.8 Å². The molecule has 0 aromatic rings. The summed E-state index contributed by atoms with van der Waals surface area (Å²) in [4.78, 5) is 0. The van der Waals surface area contributed by atoms with Crippen LogP contribution in [0.25, 0.3) is 0 Å². The zero-order valence-corrected chi connectivity index (χ0v) is 17.5. The maximum absolute atomic E-state index is 13.9. The van der Waals surface area contributed by atoms with Crippen LogP contribution in [0, 0.1) is 0 Å². The number of quaternary nitrogens is 1. The summed E-state index contributed by atoms with van der Waals surface area (Å²) in [5.41, 5.74) is 0. The van der Waals surface area contributed by atoms with Crippen molar-refractivity contribution < 1.29 is 39.2 Å². The molecule has 0 aromatic heterocycles. The lowest BCUT2D eigenvalue weighted by Gasteiger charge is -2.43. The van der Waals surface area contributed by atoms with Crippen molar-refractivity contribution in [3.8, 4) is 0 Å². The van der Waals surface area contributed by atoms with E-state index in [9.17, 15) is 34.8 Å². The van der Waals surface area contributed by atoms with Crippen molar-refractivity contribution >= 4 is 10.0 Å². The molecule has 11 heteroatoms. The predicted molar refractivity (Wildman–Crippen MR) is 95.2 cm³/mol. The number of unbranched alkanes of at least 4 members (excludes halogenated alkanes) is 5. The van der Waals surface area contributed by atoms with E-state index >= 15 is 0 Å². The molecule has 0 radical (unpaired) electrons. The van der Waals surface area contributed by atoms with E-state index in [2.05, 4.69) is 6.92 Å². The summed E-state index contributed by atoms with van der Waals surface area (Å²) in [6.45, 7) is 1.93. The number of alkyl halides is 6. The van der Waals surface area contributed by atoms with E-state index in [0.717, 1.165) is 45.1 Å². The fraction of sp³-hybridized carbons (Fsp3) is 1.00. The smallest absolute Gasteiger partial charge is 0.324 e. The standard InChI is InChI=1S/C17H31F6N2O2S/c1-4-5-6-7-8-9-12-25(3)13-10-24(11-14-25)28(26,27)17(22,23)16(20,21)15(2,18)19/h4-14H2,1-3H3/q+1. The third-order valence-corrected chi connectivity index (χ3v) is 7.36. The quantitative estimate of drug-likeness (QED) is 0.272. The molecule has 168 valence electrons. The Hall–Kier alpha value is -0.550. The summed E-state index contributed by atoms with van der Waals surface area (Å²) in [6.07, 6.45) is 6.41. The first-order chi connectivity index (χ1) is 12.6. The number of halogens is 6. The molecule has 0 aliphatic carbocycles. The van der Waals surface area contributed by atoms with Gasteiger partial charge in [0.15, 0.2) is 0 Å². The van der Waals surface area contributed by atoms with E-state index in [4.69, 9.17) is 0 Å². The first-order valence-electron chi connectivity index (χ1n) is 9.59. The molecule has 1 rings (SSSR count). The highest BCUT2D eigenvalue weighted by Gasteiger charge is 2.76. The molecule has 4 nitrogen and oxygen atoms in total. The molecule has 0 N–H and O–H groups in total. The van der Waals surface area contributed by atoms with E-state index < -0.39 is 47.1 Å². The highest BCUT2D eigenvalue weighted by atomic mass is 32.2. The number of piperazine rings is 1. The molecule has 1 fully saturated rings. The summed E-state index contributed by atoms with van der Waals surface area (Å²) in [5.74, 6) is -11.2. The molecule has 0 amide bonds. The normalized spacial score (nSPS) is 19.8. The number of sulfonamides is 1. The highest BCUT2D eigenvalue weighted by molar-refractivity contribution is 7.90. The van der Waals surface area contributed by atoms with Gasteiger partial charge in [-0.1, -0.05) is 32.6 Å². The van der Waals surface area contributed by atoms with Crippen molar-refractivity contribution in [1.82, 2.24) is 4.31 Å². The van der Waals surface area contributed by atoms with Gasteiger partial charge in [-0.3, -0.25) is 0 Å². The Kier molecular flexibility index (Phi) is 8.26. The number of hydrogen-bond acceptors (Lipinski definition) is 2. The predicted octanol–water partition coefficient (Wildman–Crippen LogP) is 4.32. The van der Waals surface area contributed by atoms with Crippen LogP contribution in [0.1, 0.15) is 52.4 Å². The first-order valence-corrected chi connectivity index (χ1v) is 11.0. The average molecular weight is 442 g/mol. The number of nitrogens with zero attached hydrogens (tertiary/aromatic N) is 2. The Morgan fingerprint density at radius 3 is 1.82 bits per heavy atom. The van der Waals surface area contributed by atoms with Gasteiger partial charge in [0.2, 0.25) is 0 Å². The molecule has 1 aliphatic heterocycles. The van der Waals surface area contributed by atoms with Gasteiger partial charge in [0.1, 0.15) is 0 Å². The van der Waals surface area contributed by atoms with Crippen LogP contribution in [0.2, 0.25) is 0 Å². The van der Waals surface area contributed by atoms with E-state index in [1.807, 2.05) is 7.05 Å². The minimum Gasteiger partial charge on any atom is -0.324 e. The Labute approximate surface area is 163 Å². The lowest BCUT2D eigenvalue weighted by Crippen LogP contribution is -2.64. The molecule has 1 aliphatic rings. The van der Waals surface area contributed by atoms with Gasteiger partial charge in [-0.2, -0.15) is 30.6 Å². The van der Waals surface area contributed by atoms with Gasteiger partial charge in [-0.15, -0.1) is 0 Å². The van der Waals surface area contributed by atoms with Gasteiger partial charge in [0.05, 0.1) is 39.8 Å². The van der Waals surface area contributed by atoms with E-state index in [1.165, 1.54) is 0 Å². The second-order valence-electron chi connectivity index (χ2n) is 7.94. The fourth-order valence-electron chi connectivity index (χ4n) is 3.25. The molecule has 0 bridgehead atoms. The summed E-state index contributed by atoms with van der Waals surface area (Å²) >= 11 is 0. The van der Waals surface area contributed by atoms with E-state index in [-0.39, 0.29) is 17.4 Å². The molecular formula is C17H31F6N2O2S+. The van der Waals surface area contributed by atoms with Crippen LogP contribution >= 0.6 is 0 Å². The second-order valence-corrected chi connectivity index (χ2v) is 9.92. The van der Waals surface area contributed by atoms with Crippen LogP contribution in [0.4, 0.5) is 26.3 Å². The van der Waals surface area contributed by atoms with E-state index in [1.54, 1.807) is 0 Å². The van der Waals surface area contributed by atoms with Gasteiger partial charge >= 0.3 is 17.1 Å². The van der Waals surface area contributed by atoms with Gasteiger partial charge in [0, 0.05) is 6.92 Å². The lowest BCUT2D eigenvalue weighted by atomic mass is 10.1. The minimum absolute atomic E-state index is 0.165. The van der Waals surface area contributed by atoms with Crippen LogP contribution in [-0.4, -0.2) is 74.1 Å². The Balaban J connectivity index is 2.71. The molecular weight excluding hydrogens is 410 g/mol. The van der Waals surface area contributed by atoms with Gasteiger partial charge in [-0.25, -0.2) is 8.42 Å². The zero-order chi connectivity index (χ0) is 21.9. The third kappa shape index (κ3) is 5.33. The summed E-state index contributed by atoms with van der Waals surface area (Å²) in [6, 6.07) is 0. The molecule has 0 atom stereocenters. The molecule has 0 unspecified atom stereocenters. The minimum atomic E-state index is -6.01. The molecule has 1 saturated heterocycles. The van der Waals surface area contributed by atoms with Crippen molar-refractivity contribution in [3.05, 3.63) is 0 Å². The highest BCUT2D eigenvalue weighted by Crippen LogP contribution is 2.49. The number of hydrogen-bond donors (Lipinski definition) is 0. The molecule has 0 spiro atoms. The number of likely N-dealkylation sites (N-methyl/N-ethyl adjacent to an activating group) is 1. The van der Waals surface area contributed by atoms with Crippen LogP contribution < -0.4 is 0 Å². The largest absolute Gasteiger partial charge is 0.427 e. The van der Waals surface area contributed by atoms with E-state index in [0.29, 0.717) is 4.48 Å². The SMILES string of the molecule is CCCCCCCC[N+]1(C)CCN(S(=O)(=O)C(F)(F)C(F)(F)C(C)(F)F)CC1. The lowest BCUT2D eigenvalue weighted by molar-refractivity contribution is -0.913. The number of rotatable bonds is 11. The third-order valence-electron chi connectivity index (χ3n) is 5.41. The Morgan fingerprint density at radius 2 is 1.36 bits per heavy atom. The molecule has 1 heterocycles. The van der Waals surface area contributed by atoms with Crippen molar-refractivity contribution in [2.45, 2.75) is 69.5 Å². The molecule has 0 saturated carbocycles. The summed E-state index contributed by atoms with van der Waals surface area (Å²) in [7, 11) is -4.08. The van der Waals surface area contributed by atoms with Crippen molar-refractivity contribution in [3.63, 3.8) is 0 Å². The summed E-state index contributed by atoms with van der Waals surface area (Å²) < 4.78 is 105. The molecule has 28 heavy (non-hydrogen) atoms. The summed E-state index contributed by atoms with van der Waals surface area (Å²) in [5, 5.41) is -5.89. The topological polar surface area (TPSA) is 37.4 Å². The Bertz CT molecular complexity index is 599. The van der Waals surface area contributed by atoms with Crippen molar-refractivity contribution in [2.24, 2.45) is 0 Å². The zero-order valence-electron chi connectivity index (χ0n) is 16.7. The Morgan fingerprint density at radius 1 is 0.893 bits per heavy atom. The first kappa shape index (κ1) is 25.5. The van der Waals surface area contributed by atoms with Crippen LogP contribution in [0.15, 0.2) is 0 Å². The van der Waals surface area contributed by atoms with Gasteiger partial charge in [-0.05, 0) is 12.8 Å². The second kappa shape index (κ2) is 9.07. The average Bonchev–Trinajstić information content (AvgIpc) is 2.57. The molecule has 0 aromatic carbocycles. The maximum Gasteiger partial charge on any atom is 0.427 e. The van der Waals surface area contributed by atoms with Crippen LogP contribution in [-0.2, 0) is 10.0 Å². The van der Waals surface area contributed by atoms with Gasteiger partial charge in [0.25, 0.3) is 10.0 Å². The van der Waals surface area contributed by atoms with Crippen LogP contribution in [0.3, 0.4) is 0 Å². The fourth-order valence-corrected chi connectivity index (χ4v) is 4.72. The van der Waals surface area contributed by atoms with Gasteiger partial charge < -0.3 is 4.48 Å². The maximum atomic E-state index is 13.9. The van der Waals surface area contributed by atoms with Crippen LogP contribution in [0.5, 0.6) is 0 Å².